The number of carbonyl (C=O) groups is 1. The highest BCUT2D eigenvalue weighted by Crippen LogP contribution is 2.46. The summed E-state index contributed by atoms with van der Waals surface area (Å²) in [5.41, 5.74) is 0.512. The van der Waals surface area contributed by atoms with Crippen LogP contribution in [0.5, 0.6) is 0 Å². The first kappa shape index (κ1) is 18.2. The highest BCUT2D eigenvalue weighted by Gasteiger charge is 2.44. The number of aromatic nitrogens is 2. The van der Waals surface area contributed by atoms with E-state index in [0.717, 1.165) is 24.7 Å². The van der Waals surface area contributed by atoms with Gasteiger partial charge in [0, 0.05) is 19.1 Å². The molecule has 1 heterocycles. The Morgan fingerprint density at radius 3 is 2.37 bits per heavy atom. The van der Waals surface area contributed by atoms with E-state index in [4.69, 9.17) is 0 Å². The quantitative estimate of drug-likeness (QED) is 0.828. The number of amides is 1. The summed E-state index contributed by atoms with van der Waals surface area (Å²) < 4.78 is 1.43. The zero-order valence-corrected chi connectivity index (χ0v) is 16.3. The maximum absolute atomic E-state index is 12.8. The van der Waals surface area contributed by atoms with Crippen molar-refractivity contribution in [2.24, 2.45) is 11.8 Å². The molecule has 0 N–H and O–H groups in total. The average molecular weight is 368 g/mol. The molecule has 2 fully saturated rings. The lowest BCUT2D eigenvalue weighted by atomic mass is 10.0. The normalized spacial score (nSPS) is 27.3. The van der Waals surface area contributed by atoms with E-state index in [2.05, 4.69) is 24.0 Å². The molecule has 4 rings (SSSR count). The summed E-state index contributed by atoms with van der Waals surface area (Å²) in [7, 11) is 6.21. The molecule has 1 aromatic carbocycles. The van der Waals surface area contributed by atoms with E-state index in [1.54, 1.807) is 6.07 Å². The standard InChI is InChI=1S/C21H28N4O2/c1-23(2)16-8-14-10-17(11-15(14)9-16)24(3)20(26)12-25-13-22-19-7-5-4-6-18(19)21(25)27/h4-7,13-17H,8-12H2,1-3H3/t14-,15+,16?,17?. The van der Waals surface area contributed by atoms with Crippen LogP contribution in [0.1, 0.15) is 25.7 Å². The number of hydrogen-bond acceptors (Lipinski definition) is 4. The second-order valence-corrected chi connectivity index (χ2v) is 8.43. The minimum atomic E-state index is -0.153. The molecular weight excluding hydrogens is 340 g/mol. The topological polar surface area (TPSA) is 58.4 Å². The number of rotatable bonds is 4. The van der Waals surface area contributed by atoms with E-state index >= 15 is 0 Å². The maximum Gasteiger partial charge on any atom is 0.261 e. The Kier molecular flexibility index (Phi) is 4.76. The van der Waals surface area contributed by atoms with Gasteiger partial charge in [-0.15, -0.1) is 0 Å². The van der Waals surface area contributed by atoms with Crippen molar-refractivity contribution in [1.82, 2.24) is 19.4 Å². The molecule has 0 bridgehead atoms. The van der Waals surface area contributed by atoms with Gasteiger partial charge in [-0.3, -0.25) is 14.2 Å². The van der Waals surface area contributed by atoms with Gasteiger partial charge in [-0.2, -0.15) is 0 Å². The molecule has 2 aromatic rings. The van der Waals surface area contributed by atoms with Crippen molar-refractivity contribution in [2.75, 3.05) is 21.1 Å². The van der Waals surface area contributed by atoms with Gasteiger partial charge in [-0.05, 0) is 63.7 Å². The zero-order valence-electron chi connectivity index (χ0n) is 16.3. The van der Waals surface area contributed by atoms with Crippen LogP contribution in [0.25, 0.3) is 10.9 Å². The van der Waals surface area contributed by atoms with Crippen LogP contribution in [-0.2, 0) is 11.3 Å². The lowest BCUT2D eigenvalue weighted by Gasteiger charge is -2.27. The van der Waals surface area contributed by atoms with Gasteiger partial charge < -0.3 is 9.80 Å². The molecule has 1 amide bonds. The summed E-state index contributed by atoms with van der Waals surface area (Å²) >= 11 is 0. The SMILES string of the molecule is CN(C)C1C[C@@H]2CC(N(C)C(=O)Cn3cnc4ccccc4c3=O)C[C@@H]2C1. The Morgan fingerprint density at radius 1 is 1.07 bits per heavy atom. The largest absolute Gasteiger partial charge is 0.341 e. The number of fused-ring (bicyclic) bond motifs is 2. The Labute approximate surface area is 159 Å². The van der Waals surface area contributed by atoms with E-state index in [9.17, 15) is 9.59 Å². The first-order chi connectivity index (χ1) is 12.9. The third-order valence-electron chi connectivity index (χ3n) is 6.67. The van der Waals surface area contributed by atoms with Crippen LogP contribution in [0.2, 0.25) is 0 Å². The molecule has 6 nitrogen and oxygen atoms in total. The first-order valence-corrected chi connectivity index (χ1v) is 9.80. The maximum atomic E-state index is 12.8. The summed E-state index contributed by atoms with van der Waals surface area (Å²) in [4.78, 5) is 33.9. The predicted octanol–water partition coefficient (Wildman–Crippen LogP) is 1.97. The van der Waals surface area contributed by atoms with Gasteiger partial charge in [0.1, 0.15) is 6.54 Å². The minimum Gasteiger partial charge on any atom is -0.341 e. The third-order valence-corrected chi connectivity index (χ3v) is 6.67. The van der Waals surface area contributed by atoms with Crippen molar-refractivity contribution in [3.05, 3.63) is 40.9 Å². The van der Waals surface area contributed by atoms with E-state index in [-0.39, 0.29) is 18.0 Å². The molecule has 1 aromatic heterocycles. The second-order valence-electron chi connectivity index (χ2n) is 8.43. The molecule has 2 aliphatic rings. The lowest BCUT2D eigenvalue weighted by molar-refractivity contribution is -0.132. The van der Waals surface area contributed by atoms with Crippen molar-refractivity contribution in [3.63, 3.8) is 0 Å². The summed E-state index contributed by atoms with van der Waals surface area (Å²) in [6.45, 7) is 0.0549. The lowest BCUT2D eigenvalue weighted by Crippen LogP contribution is -2.40. The van der Waals surface area contributed by atoms with Gasteiger partial charge in [0.05, 0.1) is 17.2 Å². The average Bonchev–Trinajstić information content (AvgIpc) is 3.23. The predicted molar refractivity (Wildman–Crippen MR) is 105 cm³/mol. The molecule has 0 saturated heterocycles. The monoisotopic (exact) mass is 368 g/mol. The van der Waals surface area contributed by atoms with Crippen molar-refractivity contribution in [2.45, 2.75) is 44.3 Å². The van der Waals surface area contributed by atoms with Crippen LogP contribution in [0.3, 0.4) is 0 Å². The minimum absolute atomic E-state index is 0.0108. The summed E-state index contributed by atoms with van der Waals surface area (Å²) in [5, 5.41) is 0.556. The number of nitrogens with zero attached hydrogens (tertiary/aromatic N) is 4. The fourth-order valence-electron chi connectivity index (χ4n) is 4.97. The number of benzene rings is 1. The molecular formula is C21H28N4O2. The van der Waals surface area contributed by atoms with Crippen LogP contribution in [0.4, 0.5) is 0 Å². The zero-order chi connectivity index (χ0) is 19.1. The highest BCUT2D eigenvalue weighted by molar-refractivity contribution is 5.79. The molecule has 6 heteroatoms. The Morgan fingerprint density at radius 2 is 1.70 bits per heavy atom. The van der Waals surface area contributed by atoms with Crippen molar-refractivity contribution < 1.29 is 4.79 Å². The molecule has 0 aliphatic heterocycles. The van der Waals surface area contributed by atoms with E-state index in [1.807, 2.05) is 30.1 Å². The summed E-state index contributed by atoms with van der Waals surface area (Å²) in [6, 6.07) is 8.23. The Bertz CT molecular complexity index is 892. The van der Waals surface area contributed by atoms with Gasteiger partial charge in [0.2, 0.25) is 5.91 Å². The Balaban J connectivity index is 1.42. The van der Waals surface area contributed by atoms with Crippen molar-refractivity contribution in [1.29, 1.82) is 0 Å². The molecule has 2 unspecified atom stereocenters. The van der Waals surface area contributed by atoms with Crippen LogP contribution in [0.15, 0.2) is 35.4 Å². The molecule has 2 aliphatic carbocycles. The van der Waals surface area contributed by atoms with Crippen molar-refractivity contribution in [3.8, 4) is 0 Å². The van der Waals surface area contributed by atoms with Crippen LogP contribution >= 0.6 is 0 Å². The van der Waals surface area contributed by atoms with Gasteiger partial charge in [-0.25, -0.2) is 4.98 Å². The first-order valence-electron chi connectivity index (χ1n) is 9.80. The smallest absolute Gasteiger partial charge is 0.261 e. The number of likely N-dealkylation sites (N-methyl/N-ethyl adjacent to an activating group) is 1. The van der Waals surface area contributed by atoms with E-state index < -0.39 is 0 Å². The summed E-state index contributed by atoms with van der Waals surface area (Å²) in [5.74, 6) is 1.44. The molecule has 27 heavy (non-hydrogen) atoms. The van der Waals surface area contributed by atoms with Crippen LogP contribution in [-0.4, -0.2) is 58.5 Å². The van der Waals surface area contributed by atoms with Crippen molar-refractivity contribution >= 4 is 16.8 Å². The fourth-order valence-corrected chi connectivity index (χ4v) is 4.97. The third kappa shape index (κ3) is 3.38. The molecule has 0 radical (unpaired) electrons. The second kappa shape index (κ2) is 7.08. The number of carbonyl (C=O) groups excluding carboxylic acids is 1. The highest BCUT2D eigenvalue weighted by atomic mass is 16.2. The van der Waals surface area contributed by atoms with Gasteiger partial charge in [0.25, 0.3) is 5.56 Å². The van der Waals surface area contributed by atoms with Gasteiger partial charge in [-0.1, -0.05) is 12.1 Å². The number of para-hydroxylation sites is 1. The van der Waals surface area contributed by atoms with Gasteiger partial charge >= 0.3 is 0 Å². The summed E-state index contributed by atoms with van der Waals surface area (Å²) in [6.07, 6.45) is 6.14. The fraction of sp³-hybridized carbons (Fsp3) is 0.571. The van der Waals surface area contributed by atoms with Crippen LogP contribution in [0, 0.1) is 11.8 Å². The Hall–Kier alpha value is -2.21. The molecule has 0 spiro atoms. The molecule has 4 atom stereocenters. The molecule has 144 valence electrons. The van der Waals surface area contributed by atoms with Crippen LogP contribution < -0.4 is 5.56 Å². The van der Waals surface area contributed by atoms with E-state index in [1.165, 1.54) is 23.7 Å². The van der Waals surface area contributed by atoms with E-state index in [0.29, 0.717) is 23.0 Å². The number of hydrogen-bond donors (Lipinski definition) is 0. The van der Waals surface area contributed by atoms with Gasteiger partial charge in [0.15, 0.2) is 0 Å². The molecule has 2 saturated carbocycles.